The Hall–Kier alpha value is -2.08. The molecule has 0 saturated heterocycles. The van der Waals surface area contributed by atoms with E-state index < -0.39 is 11.6 Å². The maximum atomic E-state index is 12.3. The van der Waals surface area contributed by atoms with E-state index in [9.17, 15) is 9.59 Å². The number of ether oxygens (including phenoxy) is 3. The molecule has 0 aromatic heterocycles. The van der Waals surface area contributed by atoms with Gasteiger partial charge in [0.15, 0.2) is 0 Å². The zero-order chi connectivity index (χ0) is 17.6. The summed E-state index contributed by atoms with van der Waals surface area (Å²) in [5.74, 6) is -0.396. The van der Waals surface area contributed by atoms with Crippen LogP contribution in [0.3, 0.4) is 0 Å². The average molecular weight is 323 g/mol. The van der Waals surface area contributed by atoms with Gasteiger partial charge in [0.05, 0.1) is 13.2 Å². The number of amides is 1. The number of esters is 1. The zero-order valence-corrected chi connectivity index (χ0v) is 14.6. The van der Waals surface area contributed by atoms with E-state index in [1.807, 2.05) is 20.8 Å². The van der Waals surface area contributed by atoms with Crippen molar-refractivity contribution in [1.29, 1.82) is 0 Å². The van der Waals surface area contributed by atoms with E-state index in [0.29, 0.717) is 17.9 Å². The number of nitrogens with one attached hydrogen (secondary N) is 1. The number of carbonyl (C=O) groups excluding carboxylic acids is 2. The minimum atomic E-state index is -0.932. The number of hydrogen-bond donors (Lipinski definition) is 1. The minimum Gasteiger partial charge on any atom is -0.490 e. The van der Waals surface area contributed by atoms with E-state index in [-0.39, 0.29) is 17.6 Å². The van der Waals surface area contributed by atoms with Crippen molar-refractivity contribution in [2.45, 2.75) is 45.8 Å². The lowest BCUT2D eigenvalue weighted by molar-refractivity contribution is -0.136. The second kappa shape index (κ2) is 7.97. The second-order valence-electron chi connectivity index (χ2n) is 5.61. The Morgan fingerprint density at radius 3 is 2.39 bits per heavy atom. The predicted molar refractivity (Wildman–Crippen MR) is 87.9 cm³/mol. The van der Waals surface area contributed by atoms with Gasteiger partial charge in [-0.25, -0.2) is 4.79 Å². The highest BCUT2D eigenvalue weighted by Gasteiger charge is 2.31. The molecule has 0 radical (unpaired) electrons. The maximum absolute atomic E-state index is 12.3. The summed E-state index contributed by atoms with van der Waals surface area (Å²) in [6.07, 6.45) is 0.434. The van der Waals surface area contributed by atoms with Crippen molar-refractivity contribution in [1.82, 2.24) is 0 Å². The van der Waals surface area contributed by atoms with E-state index in [0.717, 1.165) is 0 Å². The van der Waals surface area contributed by atoms with Gasteiger partial charge in [0.2, 0.25) is 0 Å². The van der Waals surface area contributed by atoms with Crippen LogP contribution in [0.2, 0.25) is 0 Å². The van der Waals surface area contributed by atoms with Crippen LogP contribution >= 0.6 is 0 Å². The van der Waals surface area contributed by atoms with Crippen molar-refractivity contribution < 1.29 is 23.8 Å². The van der Waals surface area contributed by atoms with Gasteiger partial charge in [-0.3, -0.25) is 4.79 Å². The summed E-state index contributed by atoms with van der Waals surface area (Å²) in [7, 11) is 2.79. The van der Waals surface area contributed by atoms with Crippen LogP contribution in [0.15, 0.2) is 18.2 Å². The van der Waals surface area contributed by atoms with Gasteiger partial charge in [-0.15, -0.1) is 0 Å². The van der Waals surface area contributed by atoms with E-state index in [4.69, 9.17) is 14.2 Å². The molecule has 0 heterocycles. The topological polar surface area (TPSA) is 73.9 Å². The molecule has 0 unspecified atom stereocenters. The summed E-state index contributed by atoms with van der Waals surface area (Å²) in [5.41, 5.74) is -0.198. The fourth-order valence-corrected chi connectivity index (χ4v) is 1.89. The molecular weight excluding hydrogens is 298 g/mol. The Balaban J connectivity index is 3.10. The van der Waals surface area contributed by atoms with E-state index in [2.05, 4.69) is 5.32 Å². The molecule has 0 fully saturated rings. The molecule has 0 spiro atoms. The third-order valence-electron chi connectivity index (χ3n) is 3.61. The molecule has 6 heteroatoms. The average Bonchev–Trinajstić information content (AvgIpc) is 2.54. The smallest absolute Gasteiger partial charge is 0.341 e. The summed E-state index contributed by atoms with van der Waals surface area (Å²) >= 11 is 0. The largest absolute Gasteiger partial charge is 0.490 e. The van der Waals surface area contributed by atoms with Gasteiger partial charge in [-0.2, -0.15) is 0 Å². The van der Waals surface area contributed by atoms with Gasteiger partial charge in [0.25, 0.3) is 5.91 Å². The quantitative estimate of drug-likeness (QED) is 0.781. The number of hydrogen-bond acceptors (Lipinski definition) is 5. The van der Waals surface area contributed by atoms with Crippen molar-refractivity contribution in [2.75, 3.05) is 19.5 Å². The highest BCUT2D eigenvalue weighted by Crippen LogP contribution is 2.26. The third-order valence-corrected chi connectivity index (χ3v) is 3.61. The van der Waals surface area contributed by atoms with Gasteiger partial charge < -0.3 is 19.5 Å². The Bertz CT molecular complexity index is 564. The van der Waals surface area contributed by atoms with Gasteiger partial charge in [0.1, 0.15) is 16.9 Å². The maximum Gasteiger partial charge on any atom is 0.341 e. The molecular formula is C17H25NO5. The fraction of sp³-hybridized carbons (Fsp3) is 0.529. The molecule has 0 aliphatic heterocycles. The number of benzene rings is 1. The van der Waals surface area contributed by atoms with Crippen molar-refractivity contribution >= 4 is 17.6 Å². The molecule has 6 nitrogen and oxygen atoms in total. The summed E-state index contributed by atoms with van der Waals surface area (Å²) in [5, 5.41) is 2.76. The monoisotopic (exact) mass is 323 g/mol. The molecule has 0 bridgehead atoms. The SMILES string of the molecule is CC[C@](C)(OC)C(=O)Nc1ccc(OC(C)C)c(C(=O)OC)c1. The van der Waals surface area contributed by atoms with Gasteiger partial charge in [-0.05, 0) is 45.4 Å². The van der Waals surface area contributed by atoms with Crippen LogP contribution in [0.4, 0.5) is 5.69 Å². The lowest BCUT2D eigenvalue weighted by Crippen LogP contribution is -2.41. The molecule has 0 aliphatic rings. The van der Waals surface area contributed by atoms with Crippen molar-refractivity contribution in [2.24, 2.45) is 0 Å². The van der Waals surface area contributed by atoms with E-state index >= 15 is 0 Å². The lowest BCUT2D eigenvalue weighted by atomic mass is 10.0. The fourth-order valence-electron chi connectivity index (χ4n) is 1.89. The predicted octanol–water partition coefficient (Wildman–Crippen LogP) is 3.01. The molecule has 0 aliphatic carbocycles. The molecule has 1 atom stereocenters. The first-order valence-electron chi connectivity index (χ1n) is 7.53. The molecule has 1 rings (SSSR count). The Morgan fingerprint density at radius 1 is 1.26 bits per heavy atom. The summed E-state index contributed by atoms with van der Waals surface area (Å²) in [4.78, 5) is 24.2. The summed E-state index contributed by atoms with van der Waals surface area (Å²) in [6, 6.07) is 4.85. The molecule has 1 N–H and O–H groups in total. The van der Waals surface area contributed by atoms with Crippen molar-refractivity contribution in [3.8, 4) is 5.75 Å². The van der Waals surface area contributed by atoms with Crippen LogP contribution in [0.25, 0.3) is 0 Å². The molecule has 0 saturated carbocycles. The van der Waals surface area contributed by atoms with Crippen LogP contribution in [-0.2, 0) is 14.3 Å². The Kier molecular flexibility index (Phi) is 6.57. The van der Waals surface area contributed by atoms with Gasteiger partial charge in [-0.1, -0.05) is 6.92 Å². The highest BCUT2D eigenvalue weighted by atomic mass is 16.5. The number of carbonyl (C=O) groups is 2. The minimum absolute atomic E-state index is 0.0873. The van der Waals surface area contributed by atoms with Crippen LogP contribution in [-0.4, -0.2) is 37.8 Å². The van der Waals surface area contributed by atoms with Gasteiger partial charge in [0, 0.05) is 12.8 Å². The van der Waals surface area contributed by atoms with Crippen LogP contribution in [0.1, 0.15) is 44.5 Å². The number of rotatable bonds is 7. The molecule has 1 aromatic carbocycles. The third kappa shape index (κ3) is 4.69. The molecule has 23 heavy (non-hydrogen) atoms. The van der Waals surface area contributed by atoms with Crippen LogP contribution in [0, 0.1) is 0 Å². The first kappa shape index (κ1) is 19.0. The van der Waals surface area contributed by atoms with E-state index in [1.54, 1.807) is 19.1 Å². The zero-order valence-electron chi connectivity index (χ0n) is 14.6. The Labute approximate surface area is 137 Å². The summed E-state index contributed by atoms with van der Waals surface area (Å²) < 4.78 is 15.6. The Morgan fingerprint density at radius 2 is 1.91 bits per heavy atom. The first-order valence-corrected chi connectivity index (χ1v) is 7.53. The molecule has 1 amide bonds. The molecule has 1 aromatic rings. The standard InChI is InChI=1S/C17H25NO5/c1-7-17(4,22-6)16(20)18-12-8-9-14(23-11(2)3)13(10-12)15(19)21-5/h8-11H,7H2,1-6H3,(H,18,20)/t17-/m0/s1. The van der Waals surface area contributed by atoms with E-state index in [1.165, 1.54) is 20.3 Å². The lowest BCUT2D eigenvalue weighted by Gasteiger charge is -2.25. The van der Waals surface area contributed by atoms with Crippen LogP contribution in [0.5, 0.6) is 5.75 Å². The second-order valence-corrected chi connectivity index (χ2v) is 5.61. The van der Waals surface area contributed by atoms with Crippen molar-refractivity contribution in [3.05, 3.63) is 23.8 Å². The van der Waals surface area contributed by atoms with Crippen molar-refractivity contribution in [3.63, 3.8) is 0 Å². The normalized spacial score (nSPS) is 13.3. The summed E-state index contributed by atoms with van der Waals surface area (Å²) in [6.45, 7) is 7.30. The first-order chi connectivity index (χ1) is 10.8. The number of anilines is 1. The molecule has 128 valence electrons. The highest BCUT2D eigenvalue weighted by molar-refractivity contribution is 5.99. The van der Waals surface area contributed by atoms with Gasteiger partial charge >= 0.3 is 5.97 Å². The van der Waals surface area contributed by atoms with Crippen LogP contribution < -0.4 is 10.1 Å². The number of methoxy groups -OCH3 is 2.